The number of ketones is 1. The normalized spacial score (nSPS) is 17.5. The minimum absolute atomic E-state index is 0.0869. The lowest BCUT2D eigenvalue weighted by atomic mass is 9.68. The van der Waals surface area contributed by atoms with E-state index in [1.54, 1.807) is 0 Å². The van der Waals surface area contributed by atoms with E-state index in [-0.39, 0.29) is 17.8 Å². The second-order valence-electron chi connectivity index (χ2n) is 10.9. The maximum Gasteiger partial charge on any atom is 0.189 e. The number of carbonyl (C=O) groups is 1. The number of carbonyl (C=O) groups excluding carboxylic acids is 1. The third kappa shape index (κ3) is 5.53. The molecule has 1 unspecified atom stereocenters. The van der Waals surface area contributed by atoms with Gasteiger partial charge in [0.15, 0.2) is 5.78 Å². The number of Topliss-reactive ketones (excluding diaryl/α,β-unsaturated/α-hetero) is 1. The minimum Gasteiger partial charge on any atom is -0.373 e. The topological polar surface area (TPSA) is 26.3 Å². The van der Waals surface area contributed by atoms with Crippen LogP contribution in [0.4, 0.5) is 0 Å². The van der Waals surface area contributed by atoms with Gasteiger partial charge in [0.2, 0.25) is 0 Å². The van der Waals surface area contributed by atoms with Gasteiger partial charge in [0, 0.05) is 17.6 Å². The fraction of sp³-hybridized carbons (Fsp3) is 0.270. The summed E-state index contributed by atoms with van der Waals surface area (Å²) in [7, 11) is 0. The van der Waals surface area contributed by atoms with Gasteiger partial charge in [-0.1, -0.05) is 111 Å². The zero-order valence-corrected chi connectivity index (χ0v) is 23.6. The van der Waals surface area contributed by atoms with Crippen LogP contribution in [-0.4, -0.2) is 19.0 Å². The molecule has 0 spiro atoms. The van der Waals surface area contributed by atoms with E-state index in [0.29, 0.717) is 6.61 Å². The fourth-order valence-electron chi connectivity index (χ4n) is 5.98. The van der Waals surface area contributed by atoms with Crippen molar-refractivity contribution in [2.75, 3.05) is 13.2 Å². The van der Waals surface area contributed by atoms with Crippen molar-refractivity contribution >= 4 is 28.7 Å². The predicted molar refractivity (Wildman–Crippen MR) is 164 cm³/mol. The highest BCUT2D eigenvalue weighted by molar-refractivity contribution is 6.00. The summed E-state index contributed by atoms with van der Waals surface area (Å²) in [5, 5.41) is 2.49. The number of rotatable bonds is 9. The van der Waals surface area contributed by atoms with Crippen LogP contribution in [0.5, 0.6) is 0 Å². The Morgan fingerprint density at radius 2 is 1.49 bits per heavy atom. The van der Waals surface area contributed by atoms with Crippen molar-refractivity contribution in [2.24, 2.45) is 0 Å². The predicted octanol–water partition coefficient (Wildman–Crippen LogP) is 8.93. The summed E-state index contributed by atoms with van der Waals surface area (Å²) in [6.45, 7) is 9.26. The van der Waals surface area contributed by atoms with Crippen molar-refractivity contribution < 1.29 is 9.53 Å². The van der Waals surface area contributed by atoms with Crippen molar-refractivity contribution in [1.82, 2.24) is 0 Å². The first-order valence-corrected chi connectivity index (χ1v) is 14.1. The van der Waals surface area contributed by atoms with Crippen molar-refractivity contribution in [1.29, 1.82) is 0 Å². The molecule has 0 amide bonds. The molecule has 5 rings (SSSR count). The Kier molecular flexibility index (Phi) is 7.95. The van der Waals surface area contributed by atoms with E-state index >= 15 is 0 Å². The van der Waals surface area contributed by atoms with Crippen LogP contribution in [0, 0.1) is 6.92 Å². The van der Waals surface area contributed by atoms with E-state index in [9.17, 15) is 4.79 Å². The van der Waals surface area contributed by atoms with Crippen LogP contribution in [-0.2, 0) is 23.0 Å². The third-order valence-corrected chi connectivity index (χ3v) is 8.18. The molecule has 0 N–H and O–H groups in total. The second kappa shape index (κ2) is 11.6. The van der Waals surface area contributed by atoms with Crippen molar-refractivity contribution in [3.63, 3.8) is 0 Å². The molecule has 1 aliphatic rings. The summed E-state index contributed by atoms with van der Waals surface area (Å²) in [5.74, 6) is 0.0869. The fourth-order valence-corrected chi connectivity index (χ4v) is 5.98. The first kappa shape index (κ1) is 26.8. The van der Waals surface area contributed by atoms with E-state index < -0.39 is 0 Å². The number of benzene rings is 4. The van der Waals surface area contributed by atoms with Crippen LogP contribution in [0.3, 0.4) is 0 Å². The first-order chi connectivity index (χ1) is 18.9. The smallest absolute Gasteiger partial charge is 0.189 e. The molecular weight excluding hydrogens is 476 g/mol. The molecule has 39 heavy (non-hydrogen) atoms. The van der Waals surface area contributed by atoms with E-state index in [2.05, 4.69) is 119 Å². The molecule has 0 saturated carbocycles. The first-order valence-electron chi connectivity index (χ1n) is 14.1. The molecule has 1 atom stereocenters. The molecular formula is C37H38O2. The molecule has 4 aromatic rings. The Labute approximate surface area is 233 Å². The van der Waals surface area contributed by atoms with Crippen LogP contribution < -0.4 is 0 Å². The maximum absolute atomic E-state index is 13.3. The molecule has 0 radical (unpaired) electrons. The van der Waals surface area contributed by atoms with Gasteiger partial charge in [0.05, 0.1) is 0 Å². The number of aryl methyl sites for hydroxylation is 3. The summed E-state index contributed by atoms with van der Waals surface area (Å²) in [6, 6.07) is 27.9. The average Bonchev–Trinajstić information content (AvgIpc) is 2.96. The van der Waals surface area contributed by atoms with E-state index in [1.165, 1.54) is 38.6 Å². The van der Waals surface area contributed by atoms with Crippen molar-refractivity contribution in [3.05, 3.63) is 129 Å². The summed E-state index contributed by atoms with van der Waals surface area (Å²) < 4.78 is 6.15. The summed E-state index contributed by atoms with van der Waals surface area (Å²) in [6.07, 6.45) is 9.25. The van der Waals surface area contributed by atoms with Gasteiger partial charge in [0.25, 0.3) is 0 Å². The highest BCUT2D eigenvalue weighted by Crippen LogP contribution is 2.44. The molecule has 4 aromatic carbocycles. The molecule has 0 fully saturated rings. The lowest BCUT2D eigenvalue weighted by Crippen LogP contribution is -2.29. The van der Waals surface area contributed by atoms with Crippen molar-refractivity contribution in [2.45, 2.75) is 52.4 Å². The molecule has 2 heteroatoms. The van der Waals surface area contributed by atoms with Crippen LogP contribution in [0.2, 0.25) is 0 Å². The quantitative estimate of drug-likeness (QED) is 0.165. The summed E-state index contributed by atoms with van der Waals surface area (Å²) in [4.78, 5) is 13.3. The second-order valence-corrected chi connectivity index (χ2v) is 10.9. The molecule has 0 bridgehead atoms. The standard InChI is InChI=1S/C37H38O2/c1-5-28-20-26(3)21-29(6-2)36(28)35(38)25-39-19-18-37(4)33(22-27-12-8-7-9-13-27)17-16-32-23-30-14-10-11-15-31(30)24-34(32)37/h7-17,20-24H,5-6,18-19,25H2,1-4H3. The zero-order chi connectivity index (χ0) is 27.4. The monoisotopic (exact) mass is 514 g/mol. The van der Waals surface area contributed by atoms with Gasteiger partial charge in [-0.25, -0.2) is 0 Å². The van der Waals surface area contributed by atoms with Gasteiger partial charge in [0.1, 0.15) is 6.61 Å². The highest BCUT2D eigenvalue weighted by Gasteiger charge is 2.34. The van der Waals surface area contributed by atoms with Crippen LogP contribution in [0.1, 0.15) is 70.9 Å². The number of hydrogen-bond acceptors (Lipinski definition) is 2. The molecule has 0 aliphatic heterocycles. The number of allylic oxidation sites excluding steroid dienone is 2. The Balaban J connectivity index is 1.42. The molecule has 2 nitrogen and oxygen atoms in total. The van der Waals surface area contributed by atoms with Gasteiger partial charge < -0.3 is 4.74 Å². The summed E-state index contributed by atoms with van der Waals surface area (Å²) in [5.41, 5.74) is 9.06. The Bertz CT molecular complexity index is 1530. The van der Waals surface area contributed by atoms with E-state index in [4.69, 9.17) is 4.74 Å². The maximum atomic E-state index is 13.3. The Morgan fingerprint density at radius 1 is 0.846 bits per heavy atom. The zero-order valence-electron chi connectivity index (χ0n) is 23.6. The Morgan fingerprint density at radius 3 is 2.15 bits per heavy atom. The highest BCUT2D eigenvalue weighted by atomic mass is 16.5. The average molecular weight is 515 g/mol. The Hall–Kier alpha value is -3.75. The number of ether oxygens (including phenoxy) is 1. The van der Waals surface area contributed by atoms with Crippen LogP contribution >= 0.6 is 0 Å². The van der Waals surface area contributed by atoms with Gasteiger partial charge in [-0.3, -0.25) is 4.79 Å². The molecule has 0 aromatic heterocycles. The molecule has 0 heterocycles. The molecule has 0 saturated heterocycles. The molecule has 198 valence electrons. The van der Waals surface area contributed by atoms with Gasteiger partial charge in [-0.15, -0.1) is 0 Å². The lowest BCUT2D eigenvalue weighted by Gasteiger charge is -2.36. The van der Waals surface area contributed by atoms with Gasteiger partial charge in [-0.05, 0) is 82.5 Å². The third-order valence-electron chi connectivity index (χ3n) is 8.18. The SMILES string of the molecule is CCc1cc(C)cc(CC)c1C(=O)COCCC1(C)C(=Cc2ccccc2)C=Cc2cc3ccccc3cc21. The van der Waals surface area contributed by atoms with Crippen LogP contribution in [0.25, 0.3) is 22.9 Å². The van der Waals surface area contributed by atoms with Gasteiger partial charge in [-0.2, -0.15) is 0 Å². The number of fused-ring (bicyclic) bond motifs is 2. The molecule has 1 aliphatic carbocycles. The van der Waals surface area contributed by atoms with Crippen LogP contribution in [0.15, 0.2) is 90.5 Å². The van der Waals surface area contributed by atoms with E-state index in [1.807, 2.05) is 6.07 Å². The summed E-state index contributed by atoms with van der Waals surface area (Å²) >= 11 is 0. The van der Waals surface area contributed by atoms with E-state index in [0.717, 1.165) is 36.0 Å². The van der Waals surface area contributed by atoms with Gasteiger partial charge >= 0.3 is 0 Å². The minimum atomic E-state index is -0.250. The lowest BCUT2D eigenvalue weighted by molar-refractivity contribution is 0.0731. The van der Waals surface area contributed by atoms with Crippen molar-refractivity contribution in [3.8, 4) is 0 Å². The number of hydrogen-bond donors (Lipinski definition) is 0. The largest absolute Gasteiger partial charge is 0.373 e.